The normalized spacial score (nSPS) is 10.4. The first-order chi connectivity index (χ1) is 9.72. The topological polar surface area (TPSA) is 54.9 Å². The van der Waals surface area contributed by atoms with Crippen LogP contribution in [0.1, 0.15) is 9.67 Å². The molecule has 0 saturated carbocycles. The first-order valence-corrected chi connectivity index (χ1v) is 7.32. The molecule has 4 nitrogen and oxygen atoms in total. The third-order valence-corrected chi connectivity index (χ3v) is 3.99. The number of halogens is 1. The number of hydrogen-bond acceptors (Lipinski definition) is 5. The lowest BCUT2D eigenvalue weighted by Crippen LogP contribution is -2.09. The summed E-state index contributed by atoms with van der Waals surface area (Å²) >= 11 is 2.45. The largest absolute Gasteiger partial charge is 0.296 e. The van der Waals surface area contributed by atoms with Gasteiger partial charge in [-0.25, -0.2) is 4.39 Å². The number of rotatable bonds is 3. The quantitative estimate of drug-likeness (QED) is 0.803. The summed E-state index contributed by atoms with van der Waals surface area (Å²) in [6.07, 6.45) is 0. The maximum atomic E-state index is 12.8. The van der Waals surface area contributed by atoms with Gasteiger partial charge in [0.2, 0.25) is 5.13 Å². The maximum Gasteiger partial charge on any atom is 0.267 e. The fourth-order valence-electron chi connectivity index (χ4n) is 1.56. The molecule has 1 aromatic carbocycles. The molecule has 2 aromatic heterocycles. The van der Waals surface area contributed by atoms with E-state index in [1.807, 2.05) is 11.4 Å². The van der Waals surface area contributed by atoms with Crippen molar-refractivity contribution in [2.75, 3.05) is 5.32 Å². The predicted molar refractivity (Wildman–Crippen MR) is 77.6 cm³/mol. The van der Waals surface area contributed by atoms with E-state index in [0.29, 0.717) is 21.4 Å². The number of aromatic nitrogens is 2. The van der Waals surface area contributed by atoms with Crippen molar-refractivity contribution in [3.8, 4) is 11.4 Å². The van der Waals surface area contributed by atoms with Crippen molar-refractivity contribution in [2.45, 2.75) is 0 Å². The highest BCUT2D eigenvalue weighted by Crippen LogP contribution is 2.22. The molecule has 0 aliphatic carbocycles. The molecule has 7 heteroatoms. The minimum absolute atomic E-state index is 0.207. The van der Waals surface area contributed by atoms with Crippen molar-refractivity contribution in [1.82, 2.24) is 9.36 Å². The number of hydrogen-bond donors (Lipinski definition) is 1. The molecule has 0 aliphatic rings. The summed E-state index contributed by atoms with van der Waals surface area (Å²) in [6, 6.07) is 9.44. The van der Waals surface area contributed by atoms with Gasteiger partial charge in [0, 0.05) is 17.1 Å². The van der Waals surface area contributed by atoms with E-state index in [1.54, 1.807) is 18.2 Å². The summed E-state index contributed by atoms with van der Waals surface area (Å²) in [5.74, 6) is -0.0477. The Labute approximate surface area is 122 Å². The van der Waals surface area contributed by atoms with Gasteiger partial charge in [-0.1, -0.05) is 6.07 Å². The number of nitrogens with one attached hydrogen (secondary N) is 1. The summed E-state index contributed by atoms with van der Waals surface area (Å²) in [6.45, 7) is 0. The van der Waals surface area contributed by atoms with Gasteiger partial charge in [-0.05, 0) is 35.7 Å². The molecule has 0 radical (unpaired) electrons. The van der Waals surface area contributed by atoms with E-state index in [2.05, 4.69) is 14.7 Å². The fraction of sp³-hybridized carbons (Fsp3) is 0. The minimum Gasteiger partial charge on any atom is -0.296 e. The Balaban J connectivity index is 1.77. The first-order valence-electron chi connectivity index (χ1n) is 5.67. The van der Waals surface area contributed by atoms with E-state index in [9.17, 15) is 9.18 Å². The van der Waals surface area contributed by atoms with Gasteiger partial charge in [0.15, 0.2) is 5.82 Å². The van der Waals surface area contributed by atoms with Crippen LogP contribution < -0.4 is 5.32 Å². The van der Waals surface area contributed by atoms with Gasteiger partial charge in [0.1, 0.15) is 5.82 Å². The number of amides is 1. The van der Waals surface area contributed by atoms with Crippen LogP contribution in [-0.2, 0) is 0 Å². The zero-order chi connectivity index (χ0) is 13.9. The van der Waals surface area contributed by atoms with E-state index in [-0.39, 0.29) is 11.7 Å². The molecular weight excluding hydrogens is 297 g/mol. The third kappa shape index (κ3) is 2.73. The smallest absolute Gasteiger partial charge is 0.267 e. The van der Waals surface area contributed by atoms with Crippen LogP contribution in [0.2, 0.25) is 0 Å². The number of carbonyl (C=O) groups excluding carboxylic acids is 1. The average molecular weight is 305 g/mol. The Morgan fingerprint density at radius 3 is 2.70 bits per heavy atom. The molecule has 0 aliphatic heterocycles. The molecule has 0 fully saturated rings. The van der Waals surface area contributed by atoms with Crippen LogP contribution in [-0.4, -0.2) is 15.3 Å². The van der Waals surface area contributed by atoms with Gasteiger partial charge >= 0.3 is 0 Å². The number of anilines is 1. The highest BCUT2D eigenvalue weighted by molar-refractivity contribution is 7.12. The van der Waals surface area contributed by atoms with Crippen molar-refractivity contribution in [1.29, 1.82) is 0 Å². The second kappa shape index (κ2) is 5.48. The first kappa shape index (κ1) is 12.9. The number of nitrogens with zero attached hydrogens (tertiary/aromatic N) is 2. The van der Waals surface area contributed by atoms with Gasteiger partial charge in [-0.3, -0.25) is 10.1 Å². The van der Waals surface area contributed by atoms with Crippen LogP contribution in [0, 0.1) is 5.82 Å². The van der Waals surface area contributed by atoms with E-state index in [4.69, 9.17) is 0 Å². The molecule has 3 aromatic rings. The van der Waals surface area contributed by atoms with Crippen molar-refractivity contribution in [3.05, 3.63) is 52.5 Å². The Morgan fingerprint density at radius 2 is 2.00 bits per heavy atom. The van der Waals surface area contributed by atoms with Crippen molar-refractivity contribution >= 4 is 33.9 Å². The molecule has 0 spiro atoms. The molecule has 2 heterocycles. The lowest BCUT2D eigenvalue weighted by atomic mass is 10.2. The summed E-state index contributed by atoms with van der Waals surface area (Å²) in [5.41, 5.74) is 0.708. The van der Waals surface area contributed by atoms with Crippen LogP contribution in [0.4, 0.5) is 9.52 Å². The molecule has 20 heavy (non-hydrogen) atoms. The van der Waals surface area contributed by atoms with Crippen LogP contribution in [0.5, 0.6) is 0 Å². The lowest BCUT2D eigenvalue weighted by molar-refractivity contribution is 0.103. The van der Waals surface area contributed by atoms with E-state index < -0.39 is 0 Å². The fourth-order valence-corrected chi connectivity index (χ4v) is 2.76. The lowest BCUT2D eigenvalue weighted by Gasteiger charge is -1.97. The highest BCUT2D eigenvalue weighted by atomic mass is 32.1. The number of benzene rings is 1. The van der Waals surface area contributed by atoms with Crippen LogP contribution in [0.3, 0.4) is 0 Å². The Bertz CT molecular complexity index is 722. The maximum absolute atomic E-state index is 12.8. The summed E-state index contributed by atoms with van der Waals surface area (Å²) < 4.78 is 17.0. The summed E-state index contributed by atoms with van der Waals surface area (Å²) in [5, 5.41) is 4.94. The van der Waals surface area contributed by atoms with Gasteiger partial charge in [0.05, 0.1) is 4.88 Å². The molecule has 0 unspecified atom stereocenters. The van der Waals surface area contributed by atoms with Crippen molar-refractivity contribution in [2.24, 2.45) is 0 Å². The second-order valence-corrected chi connectivity index (χ2v) is 5.56. The van der Waals surface area contributed by atoms with Crippen molar-refractivity contribution < 1.29 is 9.18 Å². The highest BCUT2D eigenvalue weighted by Gasteiger charge is 2.11. The molecule has 1 N–H and O–H groups in total. The van der Waals surface area contributed by atoms with Gasteiger partial charge in [-0.2, -0.15) is 9.36 Å². The summed E-state index contributed by atoms with van der Waals surface area (Å²) in [7, 11) is 0. The predicted octanol–water partition coefficient (Wildman–Crippen LogP) is 3.66. The monoisotopic (exact) mass is 305 g/mol. The Kier molecular flexibility index (Phi) is 3.53. The third-order valence-electron chi connectivity index (χ3n) is 2.49. The molecule has 1 amide bonds. The van der Waals surface area contributed by atoms with E-state index >= 15 is 0 Å². The molecule has 0 saturated heterocycles. The van der Waals surface area contributed by atoms with Crippen LogP contribution in [0.15, 0.2) is 41.8 Å². The molecule has 0 atom stereocenters. The van der Waals surface area contributed by atoms with E-state index in [1.165, 1.54) is 23.5 Å². The second-order valence-electron chi connectivity index (χ2n) is 3.86. The average Bonchev–Trinajstić information content (AvgIpc) is 3.10. The standard InChI is InChI=1S/C13H8FN3OS2/c14-9-5-3-8(4-6-9)11-15-13(20-17-11)16-12(18)10-2-1-7-19-10/h1-7H,(H,15,16,17,18). The molecule has 3 rings (SSSR count). The molecule has 0 bridgehead atoms. The van der Waals surface area contributed by atoms with E-state index in [0.717, 1.165) is 11.5 Å². The van der Waals surface area contributed by atoms with Gasteiger partial charge in [0.25, 0.3) is 5.91 Å². The Hall–Kier alpha value is -2.12. The number of thiophene rings is 1. The van der Waals surface area contributed by atoms with Gasteiger partial charge < -0.3 is 0 Å². The SMILES string of the molecule is O=C(Nc1nc(-c2ccc(F)cc2)ns1)c1cccs1. The molecular formula is C13H8FN3OS2. The zero-order valence-corrected chi connectivity index (χ0v) is 11.7. The Morgan fingerprint density at radius 1 is 1.20 bits per heavy atom. The zero-order valence-electron chi connectivity index (χ0n) is 10.0. The number of carbonyl (C=O) groups is 1. The van der Waals surface area contributed by atoms with Crippen molar-refractivity contribution in [3.63, 3.8) is 0 Å². The van der Waals surface area contributed by atoms with Crippen LogP contribution in [0.25, 0.3) is 11.4 Å². The molecule has 100 valence electrons. The minimum atomic E-state index is -0.310. The van der Waals surface area contributed by atoms with Crippen LogP contribution >= 0.6 is 22.9 Å². The summed E-state index contributed by atoms with van der Waals surface area (Å²) in [4.78, 5) is 16.7. The van der Waals surface area contributed by atoms with Gasteiger partial charge in [-0.15, -0.1) is 11.3 Å².